The lowest BCUT2D eigenvalue weighted by Gasteiger charge is -2.31. The van der Waals surface area contributed by atoms with E-state index in [1.165, 1.54) is 44.4 Å². The first-order valence-corrected chi connectivity index (χ1v) is 7.58. The van der Waals surface area contributed by atoms with Gasteiger partial charge in [-0.25, -0.2) is 4.39 Å². The molecule has 106 valence electrons. The number of pyridine rings is 1. The number of rotatable bonds is 5. The third-order valence-electron chi connectivity index (χ3n) is 4.34. The molecular formula is C16H25FN2. The average Bonchev–Trinajstić information content (AvgIpc) is 2.46. The minimum atomic E-state index is -0.265. The Bertz CT molecular complexity index is 371. The predicted molar refractivity (Wildman–Crippen MR) is 76.4 cm³/mol. The van der Waals surface area contributed by atoms with Crippen LogP contribution >= 0.6 is 0 Å². The summed E-state index contributed by atoms with van der Waals surface area (Å²) in [6.45, 7) is 4.43. The lowest BCUT2D eigenvalue weighted by Crippen LogP contribution is -2.37. The second-order valence-electron chi connectivity index (χ2n) is 5.72. The largest absolute Gasteiger partial charge is 0.306 e. The summed E-state index contributed by atoms with van der Waals surface area (Å²) >= 11 is 0. The number of nitrogens with one attached hydrogen (secondary N) is 1. The number of halogens is 1. The molecule has 19 heavy (non-hydrogen) atoms. The molecule has 0 radical (unpaired) electrons. The van der Waals surface area contributed by atoms with Crippen molar-refractivity contribution in [1.82, 2.24) is 10.3 Å². The molecule has 0 spiro atoms. The Morgan fingerprint density at radius 2 is 2.05 bits per heavy atom. The quantitative estimate of drug-likeness (QED) is 0.861. The first-order valence-electron chi connectivity index (χ1n) is 7.58. The molecule has 2 rings (SSSR count). The fraction of sp³-hybridized carbons (Fsp3) is 0.688. The van der Waals surface area contributed by atoms with Gasteiger partial charge in [0.25, 0.3) is 0 Å². The highest BCUT2D eigenvalue weighted by Gasteiger charge is 2.22. The standard InChI is InChI=1S/C16H25FN2/c1-3-15(16-10-9-14(17)11-18-16)19-12(2)13-7-5-4-6-8-13/h9-13,15,19H,3-8H2,1-2H3/t12-,15?/m0/s1. The van der Waals surface area contributed by atoms with E-state index in [-0.39, 0.29) is 11.9 Å². The van der Waals surface area contributed by atoms with Crippen LogP contribution in [-0.4, -0.2) is 11.0 Å². The van der Waals surface area contributed by atoms with Gasteiger partial charge >= 0.3 is 0 Å². The minimum absolute atomic E-state index is 0.234. The average molecular weight is 264 g/mol. The molecule has 2 nitrogen and oxygen atoms in total. The van der Waals surface area contributed by atoms with Crippen LogP contribution in [0.5, 0.6) is 0 Å². The summed E-state index contributed by atoms with van der Waals surface area (Å²) in [5.74, 6) is 0.516. The van der Waals surface area contributed by atoms with E-state index in [0.29, 0.717) is 6.04 Å². The molecule has 1 N–H and O–H groups in total. The second-order valence-corrected chi connectivity index (χ2v) is 5.72. The van der Waals surface area contributed by atoms with Crippen LogP contribution in [0.25, 0.3) is 0 Å². The van der Waals surface area contributed by atoms with Crippen molar-refractivity contribution in [2.45, 2.75) is 64.5 Å². The fourth-order valence-electron chi connectivity index (χ4n) is 3.09. The third-order valence-corrected chi connectivity index (χ3v) is 4.34. The number of hydrogen-bond acceptors (Lipinski definition) is 2. The van der Waals surface area contributed by atoms with Crippen molar-refractivity contribution < 1.29 is 4.39 Å². The Hall–Kier alpha value is -0.960. The molecule has 1 aliphatic carbocycles. The zero-order chi connectivity index (χ0) is 13.7. The first kappa shape index (κ1) is 14.4. The molecule has 1 aliphatic rings. The summed E-state index contributed by atoms with van der Waals surface area (Å²) in [5.41, 5.74) is 0.951. The van der Waals surface area contributed by atoms with E-state index < -0.39 is 0 Å². The van der Waals surface area contributed by atoms with E-state index in [9.17, 15) is 4.39 Å². The van der Waals surface area contributed by atoms with Gasteiger partial charge in [0.1, 0.15) is 5.82 Å². The van der Waals surface area contributed by atoms with Gasteiger partial charge in [-0.05, 0) is 44.2 Å². The Balaban J connectivity index is 1.96. The lowest BCUT2D eigenvalue weighted by atomic mass is 9.84. The fourth-order valence-corrected chi connectivity index (χ4v) is 3.09. The third kappa shape index (κ3) is 4.00. The highest BCUT2D eigenvalue weighted by Crippen LogP contribution is 2.28. The van der Waals surface area contributed by atoms with Crippen LogP contribution in [0.15, 0.2) is 18.3 Å². The molecule has 0 aliphatic heterocycles. The summed E-state index contributed by atoms with van der Waals surface area (Å²) < 4.78 is 12.9. The monoisotopic (exact) mass is 264 g/mol. The van der Waals surface area contributed by atoms with Gasteiger partial charge in [0, 0.05) is 12.1 Å². The molecule has 2 atom stereocenters. The Morgan fingerprint density at radius 3 is 2.63 bits per heavy atom. The summed E-state index contributed by atoms with van der Waals surface area (Å²) in [7, 11) is 0. The maximum absolute atomic E-state index is 12.9. The van der Waals surface area contributed by atoms with Crippen molar-refractivity contribution in [2.75, 3.05) is 0 Å². The molecule has 1 saturated carbocycles. The second kappa shape index (κ2) is 6.99. The van der Waals surface area contributed by atoms with Crippen LogP contribution in [0.1, 0.15) is 64.1 Å². The highest BCUT2D eigenvalue weighted by molar-refractivity contribution is 5.10. The molecule has 1 unspecified atom stereocenters. The Morgan fingerprint density at radius 1 is 1.32 bits per heavy atom. The van der Waals surface area contributed by atoms with Crippen molar-refractivity contribution in [3.8, 4) is 0 Å². The van der Waals surface area contributed by atoms with Crippen LogP contribution in [0.3, 0.4) is 0 Å². The topological polar surface area (TPSA) is 24.9 Å². The van der Waals surface area contributed by atoms with Crippen LogP contribution < -0.4 is 5.32 Å². The molecule has 3 heteroatoms. The van der Waals surface area contributed by atoms with Gasteiger partial charge in [0.2, 0.25) is 0 Å². The Labute approximate surface area is 115 Å². The van der Waals surface area contributed by atoms with Gasteiger partial charge in [0.15, 0.2) is 0 Å². The van der Waals surface area contributed by atoms with Crippen LogP contribution in [0, 0.1) is 11.7 Å². The van der Waals surface area contributed by atoms with Gasteiger partial charge in [-0.15, -0.1) is 0 Å². The van der Waals surface area contributed by atoms with Gasteiger partial charge in [-0.3, -0.25) is 4.98 Å². The minimum Gasteiger partial charge on any atom is -0.306 e. The van der Waals surface area contributed by atoms with Gasteiger partial charge in [-0.1, -0.05) is 26.2 Å². The Kier molecular flexibility index (Phi) is 5.32. The SMILES string of the molecule is CCC(N[C@@H](C)C1CCCCC1)c1ccc(F)cn1. The first-order chi connectivity index (χ1) is 9.20. The summed E-state index contributed by atoms with van der Waals surface area (Å²) in [4.78, 5) is 4.21. The molecule has 1 heterocycles. The zero-order valence-electron chi connectivity index (χ0n) is 12.0. The maximum atomic E-state index is 12.9. The summed E-state index contributed by atoms with van der Waals surface area (Å²) in [6.07, 6.45) is 9.08. The number of hydrogen-bond donors (Lipinski definition) is 1. The molecule has 1 fully saturated rings. The van der Waals surface area contributed by atoms with Crippen molar-refractivity contribution >= 4 is 0 Å². The zero-order valence-corrected chi connectivity index (χ0v) is 12.0. The number of aromatic nitrogens is 1. The number of nitrogens with zero attached hydrogens (tertiary/aromatic N) is 1. The molecular weight excluding hydrogens is 239 g/mol. The van der Waals surface area contributed by atoms with Crippen molar-refractivity contribution in [3.63, 3.8) is 0 Å². The smallest absolute Gasteiger partial charge is 0.141 e. The molecule has 0 amide bonds. The van der Waals surface area contributed by atoms with Crippen LogP contribution in [-0.2, 0) is 0 Å². The highest BCUT2D eigenvalue weighted by atomic mass is 19.1. The van der Waals surface area contributed by atoms with Crippen LogP contribution in [0.4, 0.5) is 4.39 Å². The molecule has 1 aromatic rings. The normalized spacial score (nSPS) is 20.2. The predicted octanol–water partition coefficient (Wildman–Crippen LogP) is 4.23. The van der Waals surface area contributed by atoms with Gasteiger partial charge in [0.05, 0.1) is 11.9 Å². The summed E-state index contributed by atoms with van der Waals surface area (Å²) in [6, 6.07) is 4.04. The molecule has 0 saturated heterocycles. The van der Waals surface area contributed by atoms with E-state index >= 15 is 0 Å². The molecule has 0 aromatic carbocycles. The van der Waals surface area contributed by atoms with E-state index in [2.05, 4.69) is 24.1 Å². The lowest BCUT2D eigenvalue weighted by molar-refractivity contribution is 0.261. The van der Waals surface area contributed by atoms with Gasteiger partial charge in [-0.2, -0.15) is 0 Å². The van der Waals surface area contributed by atoms with Crippen molar-refractivity contribution in [1.29, 1.82) is 0 Å². The van der Waals surface area contributed by atoms with E-state index in [1.807, 2.05) is 0 Å². The maximum Gasteiger partial charge on any atom is 0.141 e. The van der Waals surface area contributed by atoms with E-state index in [0.717, 1.165) is 18.0 Å². The molecule has 1 aromatic heterocycles. The van der Waals surface area contributed by atoms with Gasteiger partial charge < -0.3 is 5.32 Å². The van der Waals surface area contributed by atoms with E-state index in [1.54, 1.807) is 6.07 Å². The van der Waals surface area contributed by atoms with Crippen molar-refractivity contribution in [2.24, 2.45) is 5.92 Å². The summed E-state index contributed by atoms with van der Waals surface area (Å²) in [5, 5.41) is 3.69. The van der Waals surface area contributed by atoms with Crippen molar-refractivity contribution in [3.05, 3.63) is 29.8 Å². The molecule has 0 bridgehead atoms. The van der Waals surface area contributed by atoms with Crippen LogP contribution in [0.2, 0.25) is 0 Å². The van der Waals surface area contributed by atoms with E-state index in [4.69, 9.17) is 0 Å².